The molecule has 0 saturated carbocycles. The van der Waals surface area contributed by atoms with Gasteiger partial charge in [-0.25, -0.2) is 0 Å². The van der Waals surface area contributed by atoms with Crippen LogP contribution >= 0.6 is 0 Å². The number of aromatic hydroxyl groups is 2. The molecule has 1 atom stereocenters. The highest BCUT2D eigenvalue weighted by atomic mass is 16.5. The molecule has 0 amide bonds. The summed E-state index contributed by atoms with van der Waals surface area (Å²) < 4.78 is 10.00. The van der Waals surface area contributed by atoms with Gasteiger partial charge in [0.2, 0.25) is 5.78 Å². The molecule has 0 unspecified atom stereocenters. The van der Waals surface area contributed by atoms with Gasteiger partial charge in [0.15, 0.2) is 45.9 Å². The zero-order valence-corrected chi connectivity index (χ0v) is 31.5. The summed E-state index contributed by atoms with van der Waals surface area (Å²) in [5.74, 6) is -2.69. The molecule has 0 heterocycles. The van der Waals surface area contributed by atoms with Crippen molar-refractivity contribution in [3.05, 3.63) is 106 Å². The minimum atomic E-state index is -2.24. The van der Waals surface area contributed by atoms with E-state index in [-0.39, 0.29) is 60.2 Å². The first kappa shape index (κ1) is 43.5. The summed E-state index contributed by atoms with van der Waals surface area (Å²) in [6.07, 6.45) is 8.84. The van der Waals surface area contributed by atoms with E-state index in [2.05, 4.69) is 0 Å². The van der Waals surface area contributed by atoms with Crippen molar-refractivity contribution in [2.45, 2.75) is 72.8 Å². The lowest BCUT2D eigenvalue weighted by Crippen LogP contribution is -2.46. The Hall–Kier alpha value is -5.68. The van der Waals surface area contributed by atoms with E-state index in [1.165, 1.54) is 38.5 Å². The summed E-state index contributed by atoms with van der Waals surface area (Å²) >= 11 is 0. The molecule has 2 aromatic rings. The number of aliphatic hydroxyl groups excluding tert-OH is 2. The van der Waals surface area contributed by atoms with Crippen molar-refractivity contribution < 1.29 is 54.2 Å². The molecule has 0 radical (unpaired) electrons. The second-order valence-electron chi connectivity index (χ2n) is 13.4. The molecule has 2 aromatic carbocycles. The van der Waals surface area contributed by atoms with Crippen LogP contribution in [0.2, 0.25) is 0 Å². The second-order valence-corrected chi connectivity index (χ2v) is 13.4. The van der Waals surface area contributed by atoms with Gasteiger partial charge in [-0.2, -0.15) is 0 Å². The number of aliphatic hydroxyl groups is 3. The van der Waals surface area contributed by atoms with Crippen molar-refractivity contribution in [3.8, 4) is 23.0 Å². The van der Waals surface area contributed by atoms with Gasteiger partial charge in [0.25, 0.3) is 0 Å². The number of carbonyl (C=O) groups excluding carboxylic acids is 4. The van der Waals surface area contributed by atoms with Crippen molar-refractivity contribution in [2.24, 2.45) is 5.92 Å². The van der Waals surface area contributed by atoms with Crippen LogP contribution in [0, 0.1) is 5.92 Å². The molecule has 53 heavy (non-hydrogen) atoms. The van der Waals surface area contributed by atoms with Crippen LogP contribution < -0.4 is 9.47 Å². The molecule has 0 spiro atoms. The molecule has 1 aliphatic carbocycles. The van der Waals surface area contributed by atoms with Crippen LogP contribution in [0.5, 0.6) is 23.0 Å². The first-order valence-corrected chi connectivity index (χ1v) is 16.9. The predicted octanol–water partition coefficient (Wildman–Crippen LogP) is 7.62. The van der Waals surface area contributed by atoms with Gasteiger partial charge >= 0.3 is 0 Å². The van der Waals surface area contributed by atoms with E-state index in [0.29, 0.717) is 22.6 Å². The summed E-state index contributed by atoms with van der Waals surface area (Å²) in [5, 5.41) is 51.1. The lowest BCUT2D eigenvalue weighted by Gasteiger charge is -2.32. The Bertz CT molecular complexity index is 1800. The third-order valence-corrected chi connectivity index (χ3v) is 7.87. The monoisotopic (exact) mass is 730 g/mol. The molecule has 5 N–H and O–H groups in total. The fourth-order valence-electron chi connectivity index (χ4n) is 4.97. The summed E-state index contributed by atoms with van der Waals surface area (Å²) in [4.78, 5) is 49.3. The second kappa shape index (κ2) is 19.8. The number of hydrogen-bond donors (Lipinski definition) is 5. The van der Waals surface area contributed by atoms with E-state index >= 15 is 0 Å². The number of phenolic OH excluding ortho intramolecular Hbond substituents is 2. The lowest BCUT2D eigenvalue weighted by atomic mass is 9.76. The molecular formula is C42H50O11. The van der Waals surface area contributed by atoms with E-state index in [0.717, 1.165) is 11.1 Å². The molecular weight excluding hydrogens is 680 g/mol. The van der Waals surface area contributed by atoms with E-state index in [1.54, 1.807) is 62.4 Å². The fourth-order valence-corrected chi connectivity index (χ4v) is 4.97. The Kier molecular flexibility index (Phi) is 16.2. The van der Waals surface area contributed by atoms with Crippen LogP contribution in [-0.4, -0.2) is 68.5 Å². The topological polar surface area (TPSA) is 188 Å². The number of methoxy groups -OCH3 is 2. The largest absolute Gasteiger partial charge is 0.508 e. The number of carbonyl (C=O) groups is 4. The van der Waals surface area contributed by atoms with Gasteiger partial charge in [0.1, 0.15) is 17.1 Å². The third kappa shape index (κ3) is 12.5. The van der Waals surface area contributed by atoms with Crippen molar-refractivity contribution in [1.29, 1.82) is 0 Å². The van der Waals surface area contributed by atoms with E-state index in [9.17, 15) is 44.7 Å². The minimum Gasteiger partial charge on any atom is -0.508 e. The van der Waals surface area contributed by atoms with Gasteiger partial charge < -0.3 is 35.0 Å². The van der Waals surface area contributed by atoms with Crippen molar-refractivity contribution >= 4 is 35.3 Å². The molecule has 0 fully saturated rings. The smallest absolute Gasteiger partial charge is 0.209 e. The predicted molar refractivity (Wildman–Crippen MR) is 204 cm³/mol. The van der Waals surface area contributed by atoms with E-state index < -0.39 is 34.3 Å². The Morgan fingerprint density at radius 1 is 0.774 bits per heavy atom. The number of phenols is 2. The number of rotatable bonds is 15. The van der Waals surface area contributed by atoms with E-state index in [1.807, 2.05) is 27.7 Å². The van der Waals surface area contributed by atoms with Crippen LogP contribution in [0.15, 0.2) is 94.5 Å². The van der Waals surface area contributed by atoms with Gasteiger partial charge in [-0.15, -0.1) is 0 Å². The van der Waals surface area contributed by atoms with Crippen molar-refractivity contribution in [2.75, 3.05) is 14.2 Å². The number of Topliss-reactive ketones (excluding diaryl/α,β-unsaturated/α-hetero) is 2. The average Bonchev–Trinajstić information content (AvgIpc) is 3.09. The number of ketones is 4. The molecule has 11 nitrogen and oxygen atoms in total. The van der Waals surface area contributed by atoms with Crippen LogP contribution in [0.25, 0.3) is 12.2 Å². The van der Waals surface area contributed by atoms with Crippen LogP contribution in [-0.2, 0) is 19.2 Å². The molecule has 0 saturated heterocycles. The highest BCUT2D eigenvalue weighted by Gasteiger charge is 2.49. The summed E-state index contributed by atoms with van der Waals surface area (Å²) in [5.41, 5.74) is 0.489. The number of ether oxygens (including phenoxy) is 2. The maximum Gasteiger partial charge on any atom is 0.209 e. The standard InChI is InChI=1S/C21H20O6.C21H30O5/c1-26-20-11-14(5-9-18(20)24)3-7-16(22)13-17(23)8-4-15-6-10-19(25)21(12-15)27-2;1-12(2)7-8-15-18(23)17(16(22)11-14(5)6)20(25)21(26,19(15)24)10-9-13(3)4/h3-12,24-25H,13H2,1-2H3;7,9,14,23-24,26H,8,10-11H2,1-6H3/b7-3+,8-4+;/t;21-/m.1/s1. The highest BCUT2D eigenvalue weighted by molar-refractivity contribution is 6.25. The Balaban J connectivity index is 0.000000367. The highest BCUT2D eigenvalue weighted by Crippen LogP contribution is 2.38. The summed E-state index contributed by atoms with van der Waals surface area (Å²) in [6, 6.07) is 9.34. The fraction of sp³-hybridized carbons (Fsp3) is 0.333. The maximum absolute atomic E-state index is 12.9. The zero-order valence-electron chi connectivity index (χ0n) is 31.5. The molecule has 0 bridgehead atoms. The van der Waals surface area contributed by atoms with Crippen molar-refractivity contribution in [1.82, 2.24) is 0 Å². The Morgan fingerprint density at radius 2 is 1.25 bits per heavy atom. The van der Waals surface area contributed by atoms with Gasteiger partial charge in [-0.05, 0) is 87.6 Å². The maximum atomic E-state index is 12.9. The van der Waals surface area contributed by atoms with Gasteiger partial charge in [0, 0.05) is 18.4 Å². The van der Waals surface area contributed by atoms with Gasteiger partial charge in [0.05, 0.1) is 20.6 Å². The molecule has 0 aromatic heterocycles. The summed E-state index contributed by atoms with van der Waals surface area (Å²) in [6.45, 7) is 11.0. The number of hydrogen-bond acceptors (Lipinski definition) is 11. The van der Waals surface area contributed by atoms with Crippen LogP contribution in [0.4, 0.5) is 0 Å². The van der Waals surface area contributed by atoms with Gasteiger partial charge in [-0.1, -0.05) is 61.4 Å². The SMILES string of the molecule is CC(C)=CCC1=C(O)[C@](O)(CC=C(C)C)C(=O)C(C(=O)CC(C)C)=C1O.COc1cc(/C=C/C(=O)CC(=O)/C=C/c2ccc(O)c(OC)c2)ccc1O. The molecule has 284 valence electrons. The van der Waals surface area contributed by atoms with Crippen LogP contribution in [0.1, 0.15) is 78.4 Å². The molecule has 1 aliphatic rings. The number of allylic oxidation sites excluding steroid dienone is 6. The average molecular weight is 731 g/mol. The normalized spacial score (nSPS) is 15.7. The van der Waals surface area contributed by atoms with Crippen LogP contribution in [0.3, 0.4) is 0 Å². The molecule has 0 aliphatic heterocycles. The Morgan fingerprint density at radius 3 is 1.66 bits per heavy atom. The first-order valence-electron chi connectivity index (χ1n) is 16.9. The first-order chi connectivity index (χ1) is 24.8. The lowest BCUT2D eigenvalue weighted by molar-refractivity contribution is -0.135. The Labute approximate surface area is 310 Å². The molecule has 3 rings (SSSR count). The minimum absolute atomic E-state index is 0.00662. The third-order valence-electron chi connectivity index (χ3n) is 7.87. The quantitative estimate of drug-likeness (QED) is 0.0525. The van der Waals surface area contributed by atoms with Gasteiger partial charge in [-0.3, -0.25) is 19.2 Å². The van der Waals surface area contributed by atoms with E-state index in [4.69, 9.17) is 9.47 Å². The zero-order chi connectivity index (χ0) is 40.0. The summed E-state index contributed by atoms with van der Waals surface area (Å²) in [7, 11) is 2.87. The molecule has 11 heteroatoms. The number of benzene rings is 2. The van der Waals surface area contributed by atoms with Crippen molar-refractivity contribution in [3.63, 3.8) is 0 Å².